The van der Waals surface area contributed by atoms with Crippen LogP contribution in [-0.2, 0) is 22.1 Å². The molecule has 412 valence electrons. The van der Waals surface area contributed by atoms with Gasteiger partial charge in [-0.2, -0.15) is 10.2 Å². The van der Waals surface area contributed by atoms with Gasteiger partial charge in [-0.1, -0.05) is 101 Å². The Balaban J connectivity index is 0.000000164. The predicted octanol–water partition coefficient (Wildman–Crippen LogP) is 12.3. The Labute approximate surface area is 489 Å². The summed E-state index contributed by atoms with van der Waals surface area (Å²) in [5.41, 5.74) is 14.3. The molecule has 5 aliphatic rings. The summed E-state index contributed by atoms with van der Waals surface area (Å²) in [6.07, 6.45) is 7.32. The first kappa shape index (κ1) is 53.3. The van der Waals surface area contributed by atoms with Crippen LogP contribution in [-0.4, -0.2) is 112 Å². The Morgan fingerprint density at radius 2 is 1.39 bits per heavy atom. The molecule has 2 saturated carbocycles. The number of hydrogen-bond donors (Lipinski definition) is 3. The normalized spacial score (nSPS) is 24.1. The number of aromatic amines is 1. The Bertz CT molecular complexity index is 3800. The monoisotopic (exact) mass is 1190 g/mol. The van der Waals surface area contributed by atoms with E-state index in [1.165, 1.54) is 5.01 Å². The van der Waals surface area contributed by atoms with Crippen LogP contribution >= 0.6 is 69.1 Å². The minimum absolute atomic E-state index is 0.00797. The maximum Gasteiger partial charge on any atom is 0.407 e. The van der Waals surface area contributed by atoms with Crippen LogP contribution in [0.25, 0.3) is 44.8 Å². The molecule has 0 radical (unpaired) electrons. The smallest absolute Gasteiger partial charge is 0.407 e. The maximum absolute atomic E-state index is 12.6. The van der Waals surface area contributed by atoms with Crippen molar-refractivity contribution in [1.82, 2.24) is 54.8 Å². The highest BCUT2D eigenvalue weighted by molar-refractivity contribution is 7.10. The highest BCUT2D eigenvalue weighted by Gasteiger charge is 2.69. The molecule has 23 heteroatoms. The van der Waals surface area contributed by atoms with Crippen LogP contribution in [0.2, 0.25) is 20.1 Å². The van der Waals surface area contributed by atoms with Gasteiger partial charge in [0.25, 0.3) is 0 Å². The largest absolute Gasteiger partial charge is 0.465 e. The van der Waals surface area contributed by atoms with Crippen LogP contribution in [0.4, 0.5) is 16.4 Å². The molecule has 0 spiro atoms. The number of nitrogens with one attached hydrogen (secondary N) is 1. The van der Waals surface area contributed by atoms with E-state index in [2.05, 4.69) is 35.7 Å². The lowest BCUT2D eigenvalue weighted by atomic mass is 10.0. The number of aromatic nitrogens is 10. The molecule has 3 aromatic carbocycles. The van der Waals surface area contributed by atoms with Crippen LogP contribution in [0.5, 0.6) is 0 Å². The first-order valence-corrected chi connectivity index (χ1v) is 30.2. The molecule has 6 aromatic heterocycles. The molecule has 5 fully saturated rings. The average Bonchev–Trinajstić information content (AvgIpc) is 3.98. The van der Waals surface area contributed by atoms with E-state index in [1.54, 1.807) is 39.7 Å². The summed E-state index contributed by atoms with van der Waals surface area (Å²) in [6.45, 7) is 9.40. The zero-order valence-electron chi connectivity index (χ0n) is 43.8. The number of amides is 1. The van der Waals surface area contributed by atoms with E-state index in [0.717, 1.165) is 97.4 Å². The first-order valence-electron chi connectivity index (χ1n) is 26.9. The predicted molar refractivity (Wildman–Crippen MR) is 315 cm³/mol. The number of piperidine rings is 2. The summed E-state index contributed by atoms with van der Waals surface area (Å²) in [5.74, 6) is 3.22. The van der Waals surface area contributed by atoms with Gasteiger partial charge in [0, 0.05) is 96.5 Å². The number of rotatable bonds is 12. The van der Waals surface area contributed by atoms with Gasteiger partial charge in [0.2, 0.25) is 5.65 Å². The topological polar surface area (TPSA) is 206 Å². The van der Waals surface area contributed by atoms with Crippen LogP contribution < -0.4 is 15.5 Å². The van der Waals surface area contributed by atoms with Crippen molar-refractivity contribution in [3.63, 3.8) is 0 Å². The number of thiazole rings is 2. The Hall–Kier alpha value is -6.03. The summed E-state index contributed by atoms with van der Waals surface area (Å²) in [5, 5.41) is 31.0. The van der Waals surface area contributed by atoms with E-state index in [9.17, 15) is 9.90 Å². The fourth-order valence-corrected chi connectivity index (χ4v) is 16.0. The maximum atomic E-state index is 12.6. The third-order valence-corrected chi connectivity index (χ3v) is 21.1. The van der Waals surface area contributed by atoms with E-state index in [0.29, 0.717) is 103 Å². The third-order valence-electron chi connectivity index (χ3n) is 17.1. The van der Waals surface area contributed by atoms with Crippen molar-refractivity contribution in [3.05, 3.63) is 137 Å². The van der Waals surface area contributed by atoms with Gasteiger partial charge in [-0.25, -0.2) is 39.4 Å². The van der Waals surface area contributed by atoms with E-state index >= 15 is 0 Å². The standard InChI is InChI=1S/C35H35Cl2N7O3S.C22H21Cl2N7S/c1-21-19-48-33(39-21)35(20-43(34(45)46)17-22-8-3-2-4-9-22)24-13-14-42(18-25(24)35)27-16-38-31-30(23-10-7-11-26(36)29(23)37)41-44(32(31)40-27)28-12-5-6-15-47-28;1-11-9-32-21(27-11)22(10-25)13-5-6-31(8-14(13)22)16-7-26-19-18(29-30-20(19)28-16)12-3-2-4-15(23)17(12)24/h2-4,7-11,16,19,24-25,28H,5-6,12-15,17-18,20H2,1H3,(H,45,46);2-4,7,9,13-14H,5-6,8,10,25H2,1H3,(H,28,29,30). The minimum Gasteiger partial charge on any atom is -0.465 e. The second-order valence-corrected chi connectivity index (χ2v) is 24.9. The number of carboxylic acid groups (broad SMARTS) is 1. The quantitative estimate of drug-likeness (QED) is 0.104. The lowest BCUT2D eigenvalue weighted by Crippen LogP contribution is -2.38. The van der Waals surface area contributed by atoms with Crippen molar-refractivity contribution in [2.24, 2.45) is 29.4 Å². The van der Waals surface area contributed by atoms with Crippen molar-refractivity contribution < 1.29 is 14.6 Å². The van der Waals surface area contributed by atoms with Crippen molar-refractivity contribution >= 4 is 109 Å². The number of ether oxygens (including phenoxy) is 1. The zero-order chi connectivity index (χ0) is 55.0. The van der Waals surface area contributed by atoms with Crippen LogP contribution in [0, 0.1) is 37.5 Å². The minimum atomic E-state index is -0.919. The molecule has 2 aliphatic carbocycles. The summed E-state index contributed by atoms with van der Waals surface area (Å²) < 4.78 is 8.02. The second-order valence-electron chi connectivity index (χ2n) is 21.6. The first-order chi connectivity index (χ1) is 38.9. The number of anilines is 2. The highest BCUT2D eigenvalue weighted by atomic mass is 35.5. The van der Waals surface area contributed by atoms with Crippen molar-refractivity contribution in [3.8, 4) is 22.5 Å². The van der Waals surface area contributed by atoms with Crippen molar-refractivity contribution in [2.45, 2.75) is 69.6 Å². The Morgan fingerprint density at radius 1 is 0.762 bits per heavy atom. The summed E-state index contributed by atoms with van der Waals surface area (Å²) in [4.78, 5) is 48.1. The highest BCUT2D eigenvalue weighted by Crippen LogP contribution is 2.65. The van der Waals surface area contributed by atoms with Gasteiger partial charge in [-0.15, -0.1) is 22.7 Å². The number of H-pyrrole nitrogens is 1. The average molecular weight is 1190 g/mol. The van der Waals surface area contributed by atoms with Crippen molar-refractivity contribution in [1.29, 1.82) is 0 Å². The fourth-order valence-electron chi connectivity index (χ4n) is 13.0. The molecule has 9 heterocycles. The molecule has 7 atom stereocenters. The van der Waals surface area contributed by atoms with E-state index in [4.69, 9.17) is 86.9 Å². The number of aryl methyl sites for hydroxylation is 2. The number of fused-ring (bicyclic) bond motifs is 4. The van der Waals surface area contributed by atoms with Gasteiger partial charge < -0.3 is 30.3 Å². The SMILES string of the molecule is Cc1csc(C2(CN(Cc3ccccc3)C(=O)O)C3CCN(c4cnc5c(-c6cccc(Cl)c6Cl)nn(C6CCCCO6)c5n4)CC32)n1.Cc1csc(C2(CN)C3CCN(c4cnc5c(-c6cccc(Cl)c6Cl)[nH]nc5n4)CC32)n1. The Kier molecular flexibility index (Phi) is 14.2. The number of nitrogens with zero attached hydrogens (tertiary/aromatic N) is 12. The van der Waals surface area contributed by atoms with Crippen LogP contribution in [0.15, 0.2) is 89.9 Å². The summed E-state index contributed by atoms with van der Waals surface area (Å²) in [6, 6.07) is 20.8. The molecule has 0 bridgehead atoms. The third kappa shape index (κ3) is 9.34. The number of halogens is 4. The van der Waals surface area contributed by atoms with Gasteiger partial charge >= 0.3 is 6.09 Å². The number of carbonyl (C=O) groups is 1. The van der Waals surface area contributed by atoms with Gasteiger partial charge in [-0.05, 0) is 87.3 Å². The molecule has 3 saturated heterocycles. The van der Waals surface area contributed by atoms with E-state index in [-0.39, 0.29) is 23.0 Å². The van der Waals surface area contributed by atoms with Crippen LogP contribution in [0.3, 0.4) is 0 Å². The second kappa shape index (κ2) is 21.4. The lowest BCUT2D eigenvalue weighted by molar-refractivity contribution is -0.0368. The fraction of sp³-hybridized carbons (Fsp3) is 0.386. The van der Waals surface area contributed by atoms with E-state index < -0.39 is 6.09 Å². The molecule has 14 rings (SSSR count). The molecule has 3 aliphatic heterocycles. The zero-order valence-corrected chi connectivity index (χ0v) is 48.4. The van der Waals surface area contributed by atoms with E-state index in [1.807, 2.05) is 85.5 Å². The van der Waals surface area contributed by atoms with Gasteiger partial charge in [0.05, 0.1) is 38.2 Å². The molecule has 17 nitrogen and oxygen atoms in total. The molecule has 7 unspecified atom stereocenters. The van der Waals surface area contributed by atoms with Gasteiger partial charge in [0.1, 0.15) is 38.4 Å². The van der Waals surface area contributed by atoms with Crippen molar-refractivity contribution in [2.75, 3.05) is 55.7 Å². The molecular formula is C57H56Cl4N14O3S2. The summed E-state index contributed by atoms with van der Waals surface area (Å²) in [7, 11) is 0. The molecule has 1 amide bonds. The van der Waals surface area contributed by atoms with Crippen LogP contribution in [0.1, 0.15) is 65.3 Å². The molecule has 9 aromatic rings. The number of hydrogen-bond acceptors (Lipinski definition) is 15. The molecule has 80 heavy (non-hydrogen) atoms. The Morgan fingerprint density at radius 3 is 2.02 bits per heavy atom. The van der Waals surface area contributed by atoms with Gasteiger partial charge in [0.15, 0.2) is 11.9 Å². The molecule has 4 N–H and O–H groups in total. The number of benzene rings is 3. The lowest BCUT2D eigenvalue weighted by Gasteiger charge is -2.28. The summed E-state index contributed by atoms with van der Waals surface area (Å²) >= 11 is 29.0. The molecular weight excluding hydrogens is 1130 g/mol. The van der Waals surface area contributed by atoms with Gasteiger partial charge in [-0.3, -0.25) is 5.10 Å². The number of nitrogens with two attached hydrogens (primary N) is 1.